The van der Waals surface area contributed by atoms with Crippen LogP contribution in [0.5, 0.6) is 0 Å². The predicted octanol–water partition coefficient (Wildman–Crippen LogP) is 3.98. The van der Waals surface area contributed by atoms with Gasteiger partial charge in [-0.1, -0.05) is 54.6 Å². The fourth-order valence-electron chi connectivity index (χ4n) is 5.80. The van der Waals surface area contributed by atoms with Crippen LogP contribution in [0.15, 0.2) is 66.9 Å². The molecule has 0 radical (unpaired) electrons. The number of fused-ring (bicyclic) bond motifs is 1. The summed E-state index contributed by atoms with van der Waals surface area (Å²) in [4.78, 5) is 17.9. The minimum Gasteiger partial charge on any atom is -0.337 e. The topological polar surface area (TPSA) is 41.4 Å². The zero-order chi connectivity index (χ0) is 22.8. The number of carbonyl (C=O) groups is 1. The van der Waals surface area contributed by atoms with E-state index in [4.69, 9.17) is 0 Å². The number of amides is 1. The number of likely N-dealkylation sites (N-methyl/N-ethyl adjacent to an activating group) is 1. The van der Waals surface area contributed by atoms with Crippen molar-refractivity contribution < 1.29 is 4.79 Å². The average molecular weight is 443 g/mol. The van der Waals surface area contributed by atoms with Crippen molar-refractivity contribution in [1.82, 2.24) is 19.6 Å². The molecule has 2 aliphatic rings. The lowest BCUT2D eigenvalue weighted by Crippen LogP contribution is -2.49. The molecule has 1 aliphatic carbocycles. The Bertz CT molecular complexity index is 1060. The van der Waals surface area contributed by atoms with Crippen LogP contribution in [0.1, 0.15) is 40.0 Å². The molecular weight excluding hydrogens is 408 g/mol. The summed E-state index contributed by atoms with van der Waals surface area (Å²) >= 11 is 0. The van der Waals surface area contributed by atoms with E-state index in [1.165, 1.54) is 29.5 Å². The van der Waals surface area contributed by atoms with Crippen LogP contribution in [-0.4, -0.2) is 57.7 Å². The van der Waals surface area contributed by atoms with Gasteiger partial charge >= 0.3 is 0 Å². The van der Waals surface area contributed by atoms with Crippen LogP contribution < -0.4 is 0 Å². The largest absolute Gasteiger partial charge is 0.337 e. The van der Waals surface area contributed by atoms with E-state index in [0.717, 1.165) is 32.4 Å². The molecule has 1 saturated heterocycles. The molecule has 0 spiro atoms. The lowest BCUT2D eigenvalue weighted by Gasteiger charge is -2.41. The van der Waals surface area contributed by atoms with Gasteiger partial charge in [0.2, 0.25) is 0 Å². The zero-order valence-electron chi connectivity index (χ0n) is 19.7. The molecule has 1 aromatic heterocycles. The van der Waals surface area contributed by atoms with Crippen LogP contribution in [0.4, 0.5) is 0 Å². The highest BCUT2D eigenvalue weighted by Gasteiger charge is 2.35. The molecule has 3 aromatic rings. The third-order valence-corrected chi connectivity index (χ3v) is 7.70. The average Bonchev–Trinajstić information content (AvgIpc) is 3.49. The molecule has 1 amide bonds. The molecule has 0 saturated carbocycles. The molecule has 5 nitrogen and oxygen atoms in total. The van der Waals surface area contributed by atoms with Gasteiger partial charge in [-0.15, -0.1) is 0 Å². The van der Waals surface area contributed by atoms with E-state index in [1.807, 2.05) is 31.3 Å². The van der Waals surface area contributed by atoms with Crippen LogP contribution in [0.25, 0.3) is 0 Å². The first-order chi connectivity index (χ1) is 16.1. The summed E-state index contributed by atoms with van der Waals surface area (Å²) in [7, 11) is 3.82. The number of carbonyl (C=O) groups excluding carboxylic acids is 1. The molecule has 172 valence electrons. The molecule has 5 heteroatoms. The number of rotatable bonds is 6. The Labute approximate surface area is 197 Å². The van der Waals surface area contributed by atoms with Crippen LogP contribution in [0.2, 0.25) is 0 Å². The quantitative estimate of drug-likeness (QED) is 0.580. The molecule has 2 aromatic carbocycles. The smallest absolute Gasteiger partial charge is 0.274 e. The fraction of sp³-hybridized carbons (Fsp3) is 0.429. The second-order valence-corrected chi connectivity index (χ2v) is 9.75. The Morgan fingerprint density at radius 3 is 2.24 bits per heavy atom. The normalized spacial score (nSPS) is 18.2. The first kappa shape index (κ1) is 21.9. The molecule has 0 N–H and O–H groups in total. The number of benzene rings is 2. The third-order valence-electron chi connectivity index (χ3n) is 7.70. The van der Waals surface area contributed by atoms with Gasteiger partial charge in [-0.25, -0.2) is 0 Å². The van der Waals surface area contributed by atoms with E-state index in [2.05, 4.69) is 64.6 Å². The number of aryl methyl sites for hydroxylation is 1. The van der Waals surface area contributed by atoms with Crippen LogP contribution in [0, 0.1) is 5.92 Å². The van der Waals surface area contributed by atoms with Crippen LogP contribution >= 0.6 is 0 Å². The number of hydrogen-bond acceptors (Lipinski definition) is 3. The summed E-state index contributed by atoms with van der Waals surface area (Å²) in [5.41, 5.74) is 4.86. The summed E-state index contributed by atoms with van der Waals surface area (Å²) in [5, 5.41) is 4.37. The summed E-state index contributed by atoms with van der Waals surface area (Å²) in [6.45, 7) is 2.22. The minimum absolute atomic E-state index is 0.0187. The molecular formula is C28H34N4O. The number of hydrogen-bond donors (Lipinski definition) is 0. The van der Waals surface area contributed by atoms with E-state index < -0.39 is 0 Å². The lowest BCUT2D eigenvalue weighted by molar-refractivity contribution is 0.0543. The number of piperidine rings is 1. The number of nitrogens with zero attached hydrogens (tertiary/aromatic N) is 4. The molecule has 1 fully saturated rings. The Hall–Kier alpha value is -2.92. The van der Waals surface area contributed by atoms with Gasteiger partial charge in [-0.2, -0.15) is 5.10 Å². The zero-order valence-corrected chi connectivity index (χ0v) is 19.7. The second-order valence-electron chi connectivity index (χ2n) is 9.75. The Kier molecular flexibility index (Phi) is 6.32. The van der Waals surface area contributed by atoms with E-state index >= 15 is 0 Å². The maximum atomic E-state index is 13.3. The summed E-state index contributed by atoms with van der Waals surface area (Å²) in [5.74, 6) is 0.507. The molecule has 0 bridgehead atoms. The van der Waals surface area contributed by atoms with Crippen LogP contribution in [0.3, 0.4) is 0 Å². The first-order valence-corrected chi connectivity index (χ1v) is 12.2. The molecule has 5 rings (SSSR count). The second kappa shape index (κ2) is 9.52. The molecule has 33 heavy (non-hydrogen) atoms. The van der Waals surface area contributed by atoms with Crippen molar-refractivity contribution in [3.8, 4) is 0 Å². The Balaban J connectivity index is 1.28. The summed E-state index contributed by atoms with van der Waals surface area (Å²) in [6, 6.07) is 22.1. The Morgan fingerprint density at radius 1 is 1.00 bits per heavy atom. The van der Waals surface area contributed by atoms with Crippen molar-refractivity contribution in [3.63, 3.8) is 0 Å². The summed E-state index contributed by atoms with van der Waals surface area (Å²) in [6.07, 6.45) is 7.33. The fourth-order valence-corrected chi connectivity index (χ4v) is 5.80. The monoisotopic (exact) mass is 442 g/mol. The van der Waals surface area contributed by atoms with Gasteiger partial charge in [0.05, 0.1) is 0 Å². The molecule has 1 atom stereocenters. The van der Waals surface area contributed by atoms with Gasteiger partial charge in [0.25, 0.3) is 5.91 Å². The van der Waals surface area contributed by atoms with Crippen molar-refractivity contribution >= 4 is 5.91 Å². The van der Waals surface area contributed by atoms with Gasteiger partial charge in [0, 0.05) is 32.4 Å². The molecule has 1 unspecified atom stereocenters. The first-order valence-electron chi connectivity index (χ1n) is 12.2. The van der Waals surface area contributed by atoms with Gasteiger partial charge in [-0.05, 0) is 73.9 Å². The van der Waals surface area contributed by atoms with Crippen molar-refractivity contribution in [2.75, 3.05) is 20.1 Å². The third kappa shape index (κ3) is 4.74. The SMILES string of the molecule is CN(C(=O)c1ccn(C)n1)C(Cc1ccccc1)C1CCN(C2Cc3ccccc3C2)CC1. The number of likely N-dealkylation sites (tertiary alicyclic amines) is 1. The maximum absolute atomic E-state index is 13.3. The van der Waals surface area contributed by atoms with E-state index in [1.54, 1.807) is 4.68 Å². The van der Waals surface area contributed by atoms with E-state index in [0.29, 0.717) is 17.7 Å². The maximum Gasteiger partial charge on any atom is 0.274 e. The minimum atomic E-state index is 0.0187. The van der Waals surface area contributed by atoms with Gasteiger partial charge < -0.3 is 4.90 Å². The van der Waals surface area contributed by atoms with Crippen molar-refractivity contribution in [2.45, 2.75) is 44.2 Å². The van der Waals surface area contributed by atoms with E-state index in [9.17, 15) is 4.79 Å². The highest BCUT2D eigenvalue weighted by atomic mass is 16.2. The standard InChI is InChI=1S/C28H34N4O/c1-30-15-14-26(29-30)28(33)31(2)27(18-21-8-4-3-5-9-21)22-12-16-32(17-13-22)25-19-23-10-6-7-11-24(23)20-25/h3-11,14-15,22,25,27H,12-13,16-20H2,1-2H3. The van der Waals surface area contributed by atoms with Crippen LogP contribution in [-0.2, 0) is 26.3 Å². The van der Waals surface area contributed by atoms with Gasteiger partial charge in [0.15, 0.2) is 0 Å². The number of aromatic nitrogens is 2. The highest BCUT2D eigenvalue weighted by molar-refractivity contribution is 5.92. The Morgan fingerprint density at radius 2 is 1.64 bits per heavy atom. The molecule has 2 heterocycles. The highest BCUT2D eigenvalue weighted by Crippen LogP contribution is 2.32. The van der Waals surface area contributed by atoms with Gasteiger partial charge in [0.1, 0.15) is 5.69 Å². The van der Waals surface area contributed by atoms with E-state index in [-0.39, 0.29) is 11.9 Å². The predicted molar refractivity (Wildman–Crippen MR) is 131 cm³/mol. The van der Waals surface area contributed by atoms with Gasteiger partial charge in [-0.3, -0.25) is 14.4 Å². The van der Waals surface area contributed by atoms with Crippen molar-refractivity contribution in [3.05, 3.63) is 89.2 Å². The molecule has 1 aliphatic heterocycles. The lowest BCUT2D eigenvalue weighted by atomic mass is 9.84. The van der Waals surface area contributed by atoms with Crippen molar-refractivity contribution in [1.29, 1.82) is 0 Å². The summed E-state index contributed by atoms with van der Waals surface area (Å²) < 4.78 is 1.70. The van der Waals surface area contributed by atoms with Crippen molar-refractivity contribution in [2.24, 2.45) is 13.0 Å².